The molecule has 0 amide bonds. The molecule has 0 aromatic heterocycles. The highest BCUT2D eigenvalue weighted by molar-refractivity contribution is 7.92. The van der Waals surface area contributed by atoms with E-state index in [0.717, 1.165) is 4.31 Å². The minimum Gasteiger partial charge on any atom is -0.385 e. The number of nitrogens with zero attached hydrogens (tertiary/aromatic N) is 1. The molecule has 0 atom stereocenters. The molecule has 0 saturated carbocycles. The van der Waals surface area contributed by atoms with Crippen molar-refractivity contribution in [3.8, 4) is 0 Å². The smallest absolute Gasteiger partial charge is 0.238 e. The van der Waals surface area contributed by atoms with Crippen molar-refractivity contribution < 1.29 is 21.6 Å². The third-order valence-corrected chi connectivity index (χ3v) is 5.48. The Bertz CT molecular complexity index is 638. The van der Waals surface area contributed by atoms with Crippen molar-refractivity contribution in [2.75, 3.05) is 30.8 Å². The average Bonchev–Trinajstić information content (AvgIpc) is 2.37. The van der Waals surface area contributed by atoms with E-state index in [0.29, 0.717) is 18.7 Å². The number of anilines is 1. The van der Waals surface area contributed by atoms with Crippen LogP contribution < -0.4 is 9.44 Å². The van der Waals surface area contributed by atoms with Crippen LogP contribution in [0.5, 0.6) is 0 Å². The minimum atomic E-state index is -3.78. The SMILES string of the molecule is COCCCS(=O)(=O)N(C)c1ccc(S(N)(=O)=O)cc1. The second-order valence-electron chi connectivity index (χ2n) is 4.17. The van der Waals surface area contributed by atoms with Crippen LogP contribution in [0.25, 0.3) is 0 Å². The van der Waals surface area contributed by atoms with Gasteiger partial charge in [-0.15, -0.1) is 0 Å². The van der Waals surface area contributed by atoms with Crippen LogP contribution in [0.1, 0.15) is 6.42 Å². The molecule has 20 heavy (non-hydrogen) atoms. The van der Waals surface area contributed by atoms with Gasteiger partial charge in [-0.25, -0.2) is 22.0 Å². The van der Waals surface area contributed by atoms with E-state index >= 15 is 0 Å². The Morgan fingerprint density at radius 3 is 2.15 bits per heavy atom. The van der Waals surface area contributed by atoms with Crippen molar-refractivity contribution in [1.82, 2.24) is 0 Å². The lowest BCUT2D eigenvalue weighted by atomic mass is 10.3. The summed E-state index contributed by atoms with van der Waals surface area (Å²) in [5.41, 5.74) is 0.370. The number of hydrogen-bond donors (Lipinski definition) is 1. The van der Waals surface area contributed by atoms with Crippen LogP contribution in [0, 0.1) is 0 Å². The number of ether oxygens (including phenoxy) is 1. The molecule has 114 valence electrons. The second-order valence-corrected chi connectivity index (χ2v) is 7.85. The van der Waals surface area contributed by atoms with Gasteiger partial charge in [-0.2, -0.15) is 0 Å². The molecule has 0 aliphatic carbocycles. The largest absolute Gasteiger partial charge is 0.385 e. The summed E-state index contributed by atoms with van der Waals surface area (Å²) in [5, 5.41) is 4.98. The Morgan fingerprint density at radius 1 is 1.15 bits per heavy atom. The number of primary sulfonamides is 1. The molecule has 0 radical (unpaired) electrons. The third-order valence-electron chi connectivity index (χ3n) is 2.70. The van der Waals surface area contributed by atoms with E-state index in [1.165, 1.54) is 38.4 Å². The molecule has 0 fully saturated rings. The Hall–Kier alpha value is -1.16. The van der Waals surface area contributed by atoms with Crippen LogP contribution in [-0.4, -0.2) is 43.4 Å². The summed E-state index contributed by atoms with van der Waals surface area (Å²) in [6.07, 6.45) is 0.387. The zero-order chi connectivity index (χ0) is 15.4. The number of benzene rings is 1. The van der Waals surface area contributed by atoms with E-state index in [1.807, 2.05) is 0 Å². The van der Waals surface area contributed by atoms with E-state index in [-0.39, 0.29) is 10.6 Å². The quantitative estimate of drug-likeness (QED) is 0.718. The zero-order valence-electron chi connectivity index (χ0n) is 11.3. The summed E-state index contributed by atoms with van der Waals surface area (Å²) >= 11 is 0. The minimum absolute atomic E-state index is 0.0473. The van der Waals surface area contributed by atoms with Gasteiger partial charge in [0.05, 0.1) is 16.3 Å². The zero-order valence-corrected chi connectivity index (χ0v) is 12.9. The van der Waals surface area contributed by atoms with Gasteiger partial charge in [-0.3, -0.25) is 4.31 Å². The molecule has 0 heterocycles. The Morgan fingerprint density at radius 2 is 1.70 bits per heavy atom. The first-order chi connectivity index (χ1) is 9.18. The molecule has 9 heteroatoms. The summed E-state index contributed by atoms with van der Waals surface area (Å²) < 4.78 is 52.2. The lowest BCUT2D eigenvalue weighted by Gasteiger charge is -2.19. The topological polar surface area (TPSA) is 107 Å². The second kappa shape index (κ2) is 6.53. The molecule has 1 aromatic carbocycles. The van der Waals surface area contributed by atoms with Gasteiger partial charge in [0.2, 0.25) is 20.0 Å². The first-order valence-corrected chi connectivity index (χ1v) is 8.92. The molecule has 0 spiro atoms. The first-order valence-electron chi connectivity index (χ1n) is 5.77. The van der Waals surface area contributed by atoms with E-state index in [2.05, 4.69) is 0 Å². The van der Waals surface area contributed by atoms with Crippen LogP contribution in [0.15, 0.2) is 29.2 Å². The molecular weight excluding hydrogens is 304 g/mol. The highest BCUT2D eigenvalue weighted by atomic mass is 32.2. The van der Waals surface area contributed by atoms with Gasteiger partial charge in [-0.05, 0) is 30.7 Å². The van der Waals surface area contributed by atoms with E-state index < -0.39 is 20.0 Å². The monoisotopic (exact) mass is 322 g/mol. The van der Waals surface area contributed by atoms with Crippen molar-refractivity contribution in [2.24, 2.45) is 5.14 Å². The molecule has 1 aromatic rings. The van der Waals surface area contributed by atoms with Gasteiger partial charge in [0, 0.05) is 20.8 Å². The summed E-state index contributed by atoms with van der Waals surface area (Å²) in [6, 6.07) is 5.33. The lowest BCUT2D eigenvalue weighted by Crippen LogP contribution is -2.29. The average molecular weight is 322 g/mol. The fraction of sp³-hybridized carbons (Fsp3) is 0.455. The third kappa shape index (κ3) is 4.44. The normalized spacial score (nSPS) is 12.3. The van der Waals surface area contributed by atoms with E-state index in [9.17, 15) is 16.8 Å². The number of methoxy groups -OCH3 is 1. The van der Waals surface area contributed by atoms with Crippen molar-refractivity contribution >= 4 is 25.7 Å². The summed E-state index contributed by atoms with van der Waals surface area (Å²) in [6.45, 7) is 0.359. The number of hydrogen-bond acceptors (Lipinski definition) is 5. The van der Waals surface area contributed by atoms with Crippen LogP contribution >= 0.6 is 0 Å². The Balaban J connectivity index is 2.89. The Kier molecular flexibility index (Phi) is 5.51. The van der Waals surface area contributed by atoms with Crippen molar-refractivity contribution in [2.45, 2.75) is 11.3 Å². The maximum atomic E-state index is 12.0. The van der Waals surface area contributed by atoms with Crippen molar-refractivity contribution in [3.05, 3.63) is 24.3 Å². The standard InChI is InChI=1S/C11H18N2O5S2/c1-13(19(14,15)9-3-8-18-2)10-4-6-11(7-5-10)20(12,16)17/h4-7H,3,8-9H2,1-2H3,(H2,12,16,17). The number of rotatable bonds is 7. The molecule has 1 rings (SSSR count). The van der Waals surface area contributed by atoms with Gasteiger partial charge < -0.3 is 4.74 Å². The molecule has 7 nitrogen and oxygen atoms in total. The van der Waals surface area contributed by atoms with Gasteiger partial charge >= 0.3 is 0 Å². The van der Waals surface area contributed by atoms with Crippen LogP contribution in [0.4, 0.5) is 5.69 Å². The van der Waals surface area contributed by atoms with Gasteiger partial charge in [-0.1, -0.05) is 0 Å². The van der Waals surface area contributed by atoms with Gasteiger partial charge in [0.15, 0.2) is 0 Å². The van der Waals surface area contributed by atoms with E-state index in [4.69, 9.17) is 9.88 Å². The van der Waals surface area contributed by atoms with Gasteiger partial charge in [0.25, 0.3) is 0 Å². The highest BCUT2D eigenvalue weighted by Crippen LogP contribution is 2.19. The van der Waals surface area contributed by atoms with Crippen LogP contribution in [-0.2, 0) is 24.8 Å². The molecule has 0 bridgehead atoms. The molecule has 0 aliphatic heterocycles. The fourth-order valence-electron chi connectivity index (χ4n) is 1.53. The molecule has 0 saturated heterocycles. The van der Waals surface area contributed by atoms with Crippen molar-refractivity contribution in [1.29, 1.82) is 0 Å². The Labute approximate surface area is 119 Å². The van der Waals surface area contributed by atoms with Crippen molar-refractivity contribution in [3.63, 3.8) is 0 Å². The number of nitrogens with two attached hydrogens (primary N) is 1. The van der Waals surface area contributed by atoms with Crippen LogP contribution in [0.3, 0.4) is 0 Å². The van der Waals surface area contributed by atoms with Crippen LogP contribution in [0.2, 0.25) is 0 Å². The molecule has 2 N–H and O–H groups in total. The predicted molar refractivity (Wildman–Crippen MR) is 76.5 cm³/mol. The predicted octanol–water partition coefficient (Wildman–Crippen LogP) is 0.137. The summed E-state index contributed by atoms with van der Waals surface area (Å²) in [4.78, 5) is -0.0635. The molecular formula is C11H18N2O5S2. The maximum absolute atomic E-state index is 12.0. The number of sulfonamides is 2. The molecule has 0 unspecified atom stereocenters. The summed E-state index contributed by atoms with van der Waals surface area (Å²) in [7, 11) is -4.33. The summed E-state index contributed by atoms with van der Waals surface area (Å²) in [5.74, 6) is -0.0473. The fourth-order valence-corrected chi connectivity index (χ4v) is 3.24. The lowest BCUT2D eigenvalue weighted by molar-refractivity contribution is 0.199. The molecule has 0 aliphatic rings. The van der Waals surface area contributed by atoms with Gasteiger partial charge in [0.1, 0.15) is 0 Å². The highest BCUT2D eigenvalue weighted by Gasteiger charge is 2.18. The van der Waals surface area contributed by atoms with E-state index in [1.54, 1.807) is 0 Å². The maximum Gasteiger partial charge on any atom is 0.238 e. The first kappa shape index (κ1) is 16.9.